The molecule has 0 saturated heterocycles. The Balaban J connectivity index is 0.000000149. The quantitative estimate of drug-likeness (QED) is 0.120. The predicted octanol–water partition coefficient (Wildman–Crippen LogP) is 23.8. The van der Waals surface area contributed by atoms with Gasteiger partial charge in [0.25, 0.3) is 0 Å². The summed E-state index contributed by atoms with van der Waals surface area (Å²) in [6.45, 7) is 11.0. The molecule has 16 rings (SSSR count). The summed E-state index contributed by atoms with van der Waals surface area (Å²) in [4.78, 5) is 28.2. The summed E-state index contributed by atoms with van der Waals surface area (Å²) < 4.78 is 91.9. The second-order valence-corrected chi connectivity index (χ2v) is 27.1. The Kier molecular flexibility index (Phi) is 18.8. The molecule has 0 aliphatic heterocycles. The second-order valence-electron chi connectivity index (χ2n) is 26.2. The van der Waals surface area contributed by atoms with Crippen LogP contribution in [-0.4, -0.2) is 46.8 Å². The minimum absolute atomic E-state index is 0.121. The first-order valence-corrected chi connectivity index (χ1v) is 34.6. The van der Waals surface area contributed by atoms with Crippen molar-refractivity contribution in [3.63, 3.8) is 0 Å². The zero-order valence-electron chi connectivity index (χ0n) is 57.2. The molecule has 1 aliphatic carbocycles. The lowest BCUT2D eigenvalue weighted by atomic mass is 9.75. The molecular weight excluding hydrogens is 1360 g/mol. The fraction of sp³-hybridized carbons (Fsp3) is 0.124. The fourth-order valence-electron chi connectivity index (χ4n) is 13.8. The third kappa shape index (κ3) is 13.3. The van der Waals surface area contributed by atoms with Crippen molar-refractivity contribution in [3.05, 3.63) is 351 Å². The van der Waals surface area contributed by atoms with E-state index in [4.69, 9.17) is 15.0 Å². The number of rotatable bonds is 11. The highest BCUT2D eigenvalue weighted by atomic mass is 79.9. The Bertz CT molecular complexity index is 5340. The summed E-state index contributed by atoms with van der Waals surface area (Å²) in [7, 11) is 0. The molecule has 15 aromatic rings. The SMILES string of the molecule is CC(c1ccc(Br)cc1)(c1ccc(-c2nc(-c3ccccc3)nc(-c3ccccc3)n2)cc1)C(F)(F)F.Cc1cccc2c1Cc1c(C)cccc1-2.Cc1cccc2c3cccc(C)c3n(-c3ccc(C(C)(c4ccc(-c5nc(-c6ccccc6)nc(-c6ccccc6)n5)cc4)C(F)(F)F)cc3)c12. The lowest BCUT2D eigenvalue weighted by Crippen LogP contribution is -2.40. The molecule has 2 unspecified atom stereocenters. The predicted molar refractivity (Wildman–Crippen MR) is 406 cm³/mol. The molecule has 0 radical (unpaired) electrons. The highest BCUT2D eigenvalue weighted by Gasteiger charge is 2.54. The average molecular weight is 1430 g/mol. The standard InChI is InChI=1S/C44H33F3N4.C30H21BrF3N3.C15H14/c1-28-12-10-18-36-37-19-11-13-29(2)39(37)51(38(28)36)35-26-24-34(25-27-35)43(3,44(45,46)47)33-22-20-32(21-23-33)42-49-40(30-14-6-4-7-15-30)48-41(50-42)31-16-8-5-9-17-31;1-29(30(32,33)34,24-16-18-25(31)19-17-24)23-14-12-22(13-15-23)28-36-26(20-8-4-2-5-9-20)35-27(37-28)21-10-6-3-7-11-21;1-10-5-3-7-12-13-8-4-6-11(2)15(13)9-14(10)12/h4-27H,1-3H3;2-19H,1H3;3-8H,9H2,1-2H3. The lowest BCUT2D eigenvalue weighted by molar-refractivity contribution is -0.173. The molecule has 0 fully saturated rings. The maximum atomic E-state index is 15.2. The van der Waals surface area contributed by atoms with E-state index >= 15 is 13.2 Å². The first-order valence-electron chi connectivity index (χ1n) is 33.8. The molecule has 14 heteroatoms. The highest BCUT2D eigenvalue weighted by Crippen LogP contribution is 2.49. The van der Waals surface area contributed by atoms with Crippen LogP contribution in [0.25, 0.3) is 107 Å². The zero-order chi connectivity index (χ0) is 71.8. The van der Waals surface area contributed by atoms with Gasteiger partial charge in [0.2, 0.25) is 0 Å². The summed E-state index contributed by atoms with van der Waals surface area (Å²) in [5.74, 6) is 2.71. The van der Waals surface area contributed by atoms with E-state index in [-0.39, 0.29) is 22.3 Å². The lowest BCUT2D eigenvalue weighted by Gasteiger charge is -2.33. The van der Waals surface area contributed by atoms with Crippen molar-refractivity contribution in [2.45, 2.75) is 71.1 Å². The molecular formula is C89H68BrF6N7. The highest BCUT2D eigenvalue weighted by molar-refractivity contribution is 9.10. The molecule has 0 amide bonds. The number of aromatic nitrogens is 7. The van der Waals surface area contributed by atoms with Gasteiger partial charge in [-0.25, -0.2) is 29.9 Å². The van der Waals surface area contributed by atoms with Crippen molar-refractivity contribution in [2.75, 3.05) is 0 Å². The van der Waals surface area contributed by atoms with Gasteiger partial charge in [0.05, 0.1) is 11.0 Å². The maximum absolute atomic E-state index is 15.2. The van der Waals surface area contributed by atoms with Gasteiger partial charge in [0, 0.05) is 54.3 Å². The Hall–Kier alpha value is -11.5. The van der Waals surface area contributed by atoms with Gasteiger partial charge in [-0.1, -0.05) is 283 Å². The second kappa shape index (κ2) is 28.2. The Labute approximate surface area is 602 Å². The first kappa shape index (κ1) is 68.6. The Morgan fingerprint density at radius 3 is 0.854 bits per heavy atom. The van der Waals surface area contributed by atoms with Crippen molar-refractivity contribution < 1.29 is 26.3 Å². The van der Waals surface area contributed by atoms with E-state index < -0.39 is 23.2 Å². The molecule has 0 saturated carbocycles. The van der Waals surface area contributed by atoms with Crippen LogP contribution < -0.4 is 0 Å². The van der Waals surface area contributed by atoms with Gasteiger partial charge in [-0.15, -0.1) is 0 Å². The van der Waals surface area contributed by atoms with Crippen LogP contribution in [0.5, 0.6) is 0 Å². The molecule has 0 bridgehead atoms. The van der Waals surface area contributed by atoms with Gasteiger partial charge in [-0.3, -0.25) is 0 Å². The minimum Gasteiger partial charge on any atom is -0.309 e. The van der Waals surface area contributed by atoms with E-state index in [1.165, 1.54) is 83.6 Å². The fourth-order valence-corrected chi connectivity index (χ4v) is 14.0. The van der Waals surface area contributed by atoms with E-state index in [0.717, 1.165) is 71.8 Å². The van der Waals surface area contributed by atoms with Crippen LogP contribution >= 0.6 is 15.9 Å². The van der Waals surface area contributed by atoms with Crippen LogP contribution in [0, 0.1) is 27.7 Å². The van der Waals surface area contributed by atoms with Crippen LogP contribution in [-0.2, 0) is 17.3 Å². The van der Waals surface area contributed by atoms with Crippen LogP contribution in [0.15, 0.2) is 296 Å². The number of nitrogens with zero attached hydrogens (tertiary/aromatic N) is 7. The molecule has 508 valence electrons. The van der Waals surface area contributed by atoms with Crippen LogP contribution in [0.2, 0.25) is 0 Å². The van der Waals surface area contributed by atoms with E-state index in [1.54, 1.807) is 60.7 Å². The van der Waals surface area contributed by atoms with E-state index in [2.05, 4.69) is 124 Å². The number of hydrogen-bond acceptors (Lipinski definition) is 6. The van der Waals surface area contributed by atoms with Crippen molar-refractivity contribution in [3.8, 4) is 85.1 Å². The number of aryl methyl sites for hydroxylation is 4. The summed E-state index contributed by atoms with van der Waals surface area (Å²) in [5, 5.41) is 2.23. The zero-order valence-corrected chi connectivity index (χ0v) is 58.8. The van der Waals surface area contributed by atoms with Gasteiger partial charge in [0.15, 0.2) is 34.9 Å². The minimum atomic E-state index is -4.58. The monoisotopic (exact) mass is 1430 g/mol. The Morgan fingerprint density at radius 2 is 0.553 bits per heavy atom. The van der Waals surface area contributed by atoms with E-state index in [1.807, 2.05) is 133 Å². The topological polar surface area (TPSA) is 82.3 Å². The Morgan fingerprint density at radius 1 is 0.291 bits per heavy atom. The molecule has 0 spiro atoms. The van der Waals surface area contributed by atoms with Crippen molar-refractivity contribution in [2.24, 2.45) is 0 Å². The largest absolute Gasteiger partial charge is 0.402 e. The third-order valence-corrected chi connectivity index (χ3v) is 20.3. The number of para-hydroxylation sites is 2. The molecule has 3 heterocycles. The third-order valence-electron chi connectivity index (χ3n) is 19.8. The van der Waals surface area contributed by atoms with Crippen LogP contribution in [0.3, 0.4) is 0 Å². The van der Waals surface area contributed by atoms with Crippen molar-refractivity contribution in [1.82, 2.24) is 34.5 Å². The van der Waals surface area contributed by atoms with Gasteiger partial charge in [0.1, 0.15) is 10.8 Å². The summed E-state index contributed by atoms with van der Waals surface area (Å²) in [6, 6.07) is 89.5. The van der Waals surface area contributed by atoms with E-state index in [0.29, 0.717) is 46.1 Å². The summed E-state index contributed by atoms with van der Waals surface area (Å²) in [6.07, 6.45) is -7.97. The molecule has 1 aliphatic rings. The van der Waals surface area contributed by atoms with Crippen LogP contribution in [0.4, 0.5) is 26.3 Å². The van der Waals surface area contributed by atoms with Gasteiger partial charge in [-0.2, -0.15) is 26.3 Å². The normalized spacial score (nSPS) is 13.0. The van der Waals surface area contributed by atoms with Gasteiger partial charge >= 0.3 is 12.4 Å². The van der Waals surface area contributed by atoms with Crippen molar-refractivity contribution in [1.29, 1.82) is 0 Å². The first-order chi connectivity index (χ1) is 49.7. The number of benzene rings is 12. The summed E-state index contributed by atoms with van der Waals surface area (Å²) in [5.41, 5.74) is 14.4. The summed E-state index contributed by atoms with van der Waals surface area (Å²) >= 11 is 3.30. The number of fused-ring (bicyclic) bond motifs is 6. The number of halogens is 7. The van der Waals surface area contributed by atoms with Crippen molar-refractivity contribution >= 4 is 37.7 Å². The number of alkyl halides is 6. The number of hydrogen-bond donors (Lipinski definition) is 0. The molecule has 3 aromatic heterocycles. The van der Waals surface area contributed by atoms with Gasteiger partial charge in [-0.05, 0) is 139 Å². The molecule has 0 N–H and O–H groups in total. The molecule has 2 atom stereocenters. The molecule has 7 nitrogen and oxygen atoms in total. The molecule has 103 heavy (non-hydrogen) atoms. The maximum Gasteiger partial charge on any atom is 0.402 e. The molecule has 12 aromatic carbocycles. The van der Waals surface area contributed by atoms with E-state index in [9.17, 15) is 13.2 Å². The van der Waals surface area contributed by atoms with Crippen LogP contribution in [0.1, 0.15) is 69.5 Å². The average Bonchev–Trinajstić information content (AvgIpc) is 1.66. The van der Waals surface area contributed by atoms with Gasteiger partial charge < -0.3 is 4.57 Å². The smallest absolute Gasteiger partial charge is 0.309 e.